The summed E-state index contributed by atoms with van der Waals surface area (Å²) in [4.78, 5) is 1.51. The molecule has 5 rings (SSSR count). The van der Waals surface area contributed by atoms with Crippen molar-refractivity contribution in [3.8, 4) is 0 Å². The number of aliphatic hydroxyl groups excluding tert-OH is 1. The first-order valence-corrected chi connectivity index (χ1v) is 11.2. The van der Waals surface area contributed by atoms with Crippen LogP contribution in [0.4, 0.5) is 0 Å². The normalized spacial score (nSPS) is 40.3. The Kier molecular flexibility index (Phi) is 5.74. The first-order chi connectivity index (χ1) is 12.1. The van der Waals surface area contributed by atoms with Gasteiger partial charge >= 0.3 is 0 Å². The molecule has 3 heteroatoms. The SMILES string of the molecule is C[NH+](C[C@@H](O)COCCC12CC3CC(CC(C3)C1)C2)C1CCCCC1. The van der Waals surface area contributed by atoms with Gasteiger partial charge in [0.05, 0.1) is 19.7 Å². The molecule has 0 spiro atoms. The summed E-state index contributed by atoms with van der Waals surface area (Å²) in [5.41, 5.74) is 0.615. The van der Waals surface area contributed by atoms with Gasteiger partial charge in [-0.2, -0.15) is 0 Å². The molecule has 5 aliphatic carbocycles. The fraction of sp³-hybridized carbons (Fsp3) is 1.00. The van der Waals surface area contributed by atoms with Crippen molar-refractivity contribution in [1.29, 1.82) is 0 Å². The van der Waals surface area contributed by atoms with E-state index in [1.54, 1.807) is 0 Å². The van der Waals surface area contributed by atoms with E-state index in [-0.39, 0.29) is 6.10 Å². The fourth-order valence-corrected chi connectivity index (χ4v) is 7.30. The number of quaternary nitrogens is 1. The lowest BCUT2D eigenvalue weighted by atomic mass is 9.49. The zero-order valence-electron chi connectivity index (χ0n) is 16.3. The average Bonchev–Trinajstić information content (AvgIpc) is 2.58. The first kappa shape index (κ1) is 18.3. The third-order valence-electron chi connectivity index (χ3n) is 8.11. The van der Waals surface area contributed by atoms with Crippen molar-refractivity contribution in [2.75, 3.05) is 26.8 Å². The largest absolute Gasteiger partial charge is 0.385 e. The molecule has 4 bridgehead atoms. The quantitative estimate of drug-likeness (QED) is 0.660. The van der Waals surface area contributed by atoms with Crippen molar-refractivity contribution in [1.82, 2.24) is 0 Å². The third kappa shape index (κ3) is 4.42. The highest BCUT2D eigenvalue weighted by atomic mass is 16.5. The van der Waals surface area contributed by atoms with E-state index in [1.165, 1.54) is 81.9 Å². The van der Waals surface area contributed by atoms with E-state index in [2.05, 4.69) is 7.05 Å². The van der Waals surface area contributed by atoms with Crippen LogP contribution in [-0.4, -0.2) is 44.1 Å². The minimum absolute atomic E-state index is 0.293. The maximum Gasteiger partial charge on any atom is 0.126 e. The molecule has 0 aromatic heterocycles. The summed E-state index contributed by atoms with van der Waals surface area (Å²) in [6.07, 6.45) is 16.8. The van der Waals surface area contributed by atoms with Gasteiger partial charge < -0.3 is 14.7 Å². The van der Waals surface area contributed by atoms with Gasteiger partial charge in [0.15, 0.2) is 0 Å². The molecule has 0 radical (unpaired) electrons. The molecule has 2 atom stereocenters. The molecule has 144 valence electrons. The van der Waals surface area contributed by atoms with Crippen LogP contribution in [0.25, 0.3) is 0 Å². The van der Waals surface area contributed by atoms with Gasteiger partial charge in [0.1, 0.15) is 12.6 Å². The predicted octanol–water partition coefficient (Wildman–Crippen LogP) is 2.82. The summed E-state index contributed by atoms with van der Waals surface area (Å²) in [7, 11) is 2.26. The Bertz CT molecular complexity index is 396. The molecule has 5 saturated carbocycles. The van der Waals surface area contributed by atoms with E-state index in [0.717, 1.165) is 36.9 Å². The van der Waals surface area contributed by atoms with Crippen molar-refractivity contribution in [2.24, 2.45) is 23.2 Å². The van der Waals surface area contributed by atoms with Gasteiger partial charge in [-0.1, -0.05) is 6.42 Å². The lowest BCUT2D eigenvalue weighted by Gasteiger charge is -2.57. The van der Waals surface area contributed by atoms with Gasteiger partial charge in [-0.3, -0.25) is 0 Å². The van der Waals surface area contributed by atoms with Crippen molar-refractivity contribution >= 4 is 0 Å². The molecule has 25 heavy (non-hydrogen) atoms. The smallest absolute Gasteiger partial charge is 0.126 e. The standard InChI is InChI=1S/C22H39NO2/c1-23(20-5-3-2-4-6-20)15-21(24)16-25-8-7-22-12-17-9-18(13-22)11-19(10-17)14-22/h17-21,24H,2-16H2,1H3/p+1/t17?,18?,19?,21-,22?/m1/s1. The zero-order valence-corrected chi connectivity index (χ0v) is 16.3. The van der Waals surface area contributed by atoms with E-state index in [4.69, 9.17) is 4.74 Å². The van der Waals surface area contributed by atoms with Crippen molar-refractivity contribution in [2.45, 2.75) is 89.2 Å². The fourth-order valence-electron chi connectivity index (χ4n) is 7.30. The molecule has 0 aromatic carbocycles. The highest BCUT2D eigenvalue weighted by molar-refractivity contribution is 5.01. The monoisotopic (exact) mass is 350 g/mol. The van der Waals surface area contributed by atoms with Crippen LogP contribution in [0.3, 0.4) is 0 Å². The Hall–Kier alpha value is -0.120. The molecule has 2 N–H and O–H groups in total. The number of rotatable bonds is 8. The number of nitrogens with one attached hydrogen (secondary N) is 1. The zero-order chi connectivity index (χ0) is 17.3. The summed E-state index contributed by atoms with van der Waals surface area (Å²) >= 11 is 0. The summed E-state index contributed by atoms with van der Waals surface area (Å²) < 4.78 is 5.96. The minimum Gasteiger partial charge on any atom is -0.385 e. The number of hydrogen-bond acceptors (Lipinski definition) is 2. The van der Waals surface area contributed by atoms with Gasteiger partial charge in [-0.25, -0.2) is 0 Å². The van der Waals surface area contributed by atoms with Gasteiger partial charge in [-0.05, 0) is 93.8 Å². The second kappa shape index (κ2) is 7.86. The Morgan fingerprint density at radius 2 is 1.60 bits per heavy atom. The van der Waals surface area contributed by atoms with Gasteiger partial charge in [0.25, 0.3) is 0 Å². The molecule has 1 unspecified atom stereocenters. The van der Waals surface area contributed by atoms with E-state index in [9.17, 15) is 5.11 Å². The number of ether oxygens (including phenoxy) is 1. The van der Waals surface area contributed by atoms with Crippen LogP contribution in [0.15, 0.2) is 0 Å². The lowest BCUT2D eigenvalue weighted by molar-refractivity contribution is -0.910. The Balaban J connectivity index is 1.15. The summed E-state index contributed by atoms with van der Waals surface area (Å²) in [5.74, 6) is 3.10. The lowest BCUT2D eigenvalue weighted by Crippen LogP contribution is -3.14. The van der Waals surface area contributed by atoms with Gasteiger partial charge in [0, 0.05) is 6.61 Å². The molecule has 0 aromatic rings. The second-order valence-corrected chi connectivity index (χ2v) is 10.3. The van der Waals surface area contributed by atoms with Crippen LogP contribution < -0.4 is 4.90 Å². The summed E-state index contributed by atoms with van der Waals surface area (Å²) in [6.45, 7) is 2.25. The first-order valence-electron chi connectivity index (χ1n) is 11.2. The van der Waals surface area contributed by atoms with Gasteiger partial charge in [-0.15, -0.1) is 0 Å². The second-order valence-electron chi connectivity index (χ2n) is 10.3. The van der Waals surface area contributed by atoms with Crippen LogP contribution in [0.2, 0.25) is 0 Å². The van der Waals surface area contributed by atoms with E-state index >= 15 is 0 Å². The van der Waals surface area contributed by atoms with E-state index < -0.39 is 0 Å². The maximum absolute atomic E-state index is 10.4. The molecule has 3 nitrogen and oxygen atoms in total. The topological polar surface area (TPSA) is 33.9 Å². The molecule has 0 aliphatic heterocycles. The summed E-state index contributed by atoms with van der Waals surface area (Å²) in [5, 5.41) is 10.4. The Morgan fingerprint density at radius 3 is 2.20 bits per heavy atom. The number of aliphatic hydroxyl groups is 1. The van der Waals surface area contributed by atoms with E-state index in [1.807, 2.05) is 0 Å². The highest BCUT2D eigenvalue weighted by Gasteiger charge is 2.50. The Morgan fingerprint density at radius 1 is 1.00 bits per heavy atom. The minimum atomic E-state index is -0.293. The van der Waals surface area contributed by atoms with Crippen LogP contribution >= 0.6 is 0 Å². The molecule has 0 amide bonds. The maximum atomic E-state index is 10.4. The van der Waals surface area contributed by atoms with Crippen molar-refractivity contribution in [3.63, 3.8) is 0 Å². The van der Waals surface area contributed by atoms with Crippen LogP contribution in [-0.2, 0) is 4.74 Å². The van der Waals surface area contributed by atoms with Crippen LogP contribution in [0, 0.1) is 23.2 Å². The highest BCUT2D eigenvalue weighted by Crippen LogP contribution is 2.61. The number of likely N-dealkylation sites (N-methyl/N-ethyl adjacent to an activating group) is 1. The van der Waals surface area contributed by atoms with Crippen molar-refractivity contribution < 1.29 is 14.7 Å². The van der Waals surface area contributed by atoms with E-state index in [0.29, 0.717) is 12.0 Å². The molecular formula is C22H40NO2+. The Labute approximate surface area is 154 Å². The van der Waals surface area contributed by atoms with Crippen LogP contribution in [0.5, 0.6) is 0 Å². The molecule has 5 fully saturated rings. The molecule has 0 saturated heterocycles. The predicted molar refractivity (Wildman–Crippen MR) is 101 cm³/mol. The molecular weight excluding hydrogens is 310 g/mol. The summed E-state index contributed by atoms with van der Waals surface area (Å²) in [6, 6.07) is 0.760. The molecule has 0 heterocycles. The molecule has 5 aliphatic rings. The average molecular weight is 351 g/mol. The van der Waals surface area contributed by atoms with Crippen LogP contribution in [0.1, 0.15) is 77.0 Å². The van der Waals surface area contributed by atoms with Gasteiger partial charge in [0.2, 0.25) is 0 Å². The third-order valence-corrected chi connectivity index (χ3v) is 8.11. The number of hydrogen-bond donors (Lipinski definition) is 2. The van der Waals surface area contributed by atoms with Crippen molar-refractivity contribution in [3.05, 3.63) is 0 Å².